The fourth-order valence-electron chi connectivity index (χ4n) is 1.53. The van der Waals surface area contributed by atoms with Gasteiger partial charge in [-0.1, -0.05) is 0 Å². The van der Waals surface area contributed by atoms with E-state index >= 15 is 0 Å². The number of primary amides is 1. The van der Waals surface area contributed by atoms with Crippen LogP contribution in [-0.4, -0.2) is 27.6 Å². The molecule has 1 amide bonds. The van der Waals surface area contributed by atoms with E-state index in [9.17, 15) is 4.79 Å². The first-order valence-electron chi connectivity index (χ1n) is 5.44. The molecule has 0 spiro atoms. The van der Waals surface area contributed by atoms with Gasteiger partial charge in [0.15, 0.2) is 0 Å². The first-order valence-corrected chi connectivity index (χ1v) is 5.44. The number of carbonyl (C=O) groups excluding carboxylic acids is 1. The highest BCUT2D eigenvalue weighted by Gasteiger charge is 2.05. The van der Waals surface area contributed by atoms with Gasteiger partial charge in [0.2, 0.25) is 5.91 Å². The summed E-state index contributed by atoms with van der Waals surface area (Å²) in [7, 11) is 0. The van der Waals surface area contributed by atoms with Crippen molar-refractivity contribution in [3.05, 3.63) is 35.9 Å². The van der Waals surface area contributed by atoms with Gasteiger partial charge < -0.3 is 16.8 Å². The molecular weight excluding hydrogens is 232 g/mol. The van der Waals surface area contributed by atoms with E-state index in [0.29, 0.717) is 29.9 Å². The predicted molar refractivity (Wildman–Crippen MR) is 67.9 cm³/mol. The van der Waals surface area contributed by atoms with Crippen LogP contribution < -0.4 is 16.8 Å². The minimum absolute atomic E-state index is 0.423. The molecule has 2 aromatic rings. The van der Waals surface area contributed by atoms with Gasteiger partial charge in [0.1, 0.15) is 12.2 Å². The van der Waals surface area contributed by atoms with Crippen molar-refractivity contribution in [2.75, 3.05) is 17.6 Å². The van der Waals surface area contributed by atoms with E-state index in [1.807, 2.05) is 0 Å². The summed E-state index contributed by atoms with van der Waals surface area (Å²) in [6.07, 6.45) is 2.14. The summed E-state index contributed by atoms with van der Waals surface area (Å²) in [4.78, 5) is 15.1. The second kappa shape index (κ2) is 5.17. The molecular formula is C11H14N6O. The fourth-order valence-corrected chi connectivity index (χ4v) is 1.53. The Morgan fingerprint density at radius 3 is 2.94 bits per heavy atom. The van der Waals surface area contributed by atoms with E-state index in [-0.39, 0.29) is 0 Å². The molecule has 7 nitrogen and oxygen atoms in total. The minimum Gasteiger partial charge on any atom is -0.397 e. The zero-order valence-corrected chi connectivity index (χ0v) is 9.68. The van der Waals surface area contributed by atoms with Gasteiger partial charge in [0.25, 0.3) is 0 Å². The lowest BCUT2D eigenvalue weighted by Gasteiger charge is -2.09. The number of anilines is 2. The van der Waals surface area contributed by atoms with E-state index in [1.54, 1.807) is 18.2 Å². The number of nitrogen functional groups attached to an aromatic ring is 1. The summed E-state index contributed by atoms with van der Waals surface area (Å²) in [5, 5.41) is 9.64. The highest BCUT2D eigenvalue weighted by atomic mass is 16.1. The van der Waals surface area contributed by atoms with Crippen molar-refractivity contribution in [3.8, 4) is 0 Å². The zero-order valence-electron chi connectivity index (χ0n) is 9.68. The number of aromatic nitrogens is 3. The van der Waals surface area contributed by atoms with Gasteiger partial charge in [-0.05, 0) is 18.2 Å². The Labute approximate surface area is 104 Å². The molecule has 6 N–H and O–H groups in total. The molecule has 0 bridgehead atoms. The van der Waals surface area contributed by atoms with E-state index < -0.39 is 5.91 Å². The molecule has 0 aliphatic carbocycles. The van der Waals surface area contributed by atoms with Crippen LogP contribution in [0, 0.1) is 0 Å². The molecule has 1 aromatic carbocycles. The first-order chi connectivity index (χ1) is 8.66. The Hall–Kier alpha value is -2.57. The third-order valence-electron chi connectivity index (χ3n) is 2.48. The zero-order chi connectivity index (χ0) is 13.0. The molecule has 0 atom stereocenters. The maximum atomic E-state index is 11.1. The number of H-pyrrole nitrogens is 1. The molecule has 0 fully saturated rings. The lowest BCUT2D eigenvalue weighted by Crippen LogP contribution is -2.13. The van der Waals surface area contributed by atoms with Crippen molar-refractivity contribution in [3.63, 3.8) is 0 Å². The minimum atomic E-state index is -0.478. The topological polar surface area (TPSA) is 123 Å². The highest BCUT2D eigenvalue weighted by molar-refractivity contribution is 5.94. The maximum Gasteiger partial charge on any atom is 0.248 e. The molecule has 0 saturated heterocycles. The van der Waals surface area contributed by atoms with Crippen LogP contribution in [0.5, 0.6) is 0 Å². The number of rotatable bonds is 5. The molecule has 0 aliphatic rings. The van der Waals surface area contributed by atoms with Gasteiger partial charge in [-0.15, -0.1) is 0 Å². The van der Waals surface area contributed by atoms with Crippen LogP contribution in [0.25, 0.3) is 0 Å². The quantitative estimate of drug-likeness (QED) is 0.559. The summed E-state index contributed by atoms with van der Waals surface area (Å²) in [5.41, 5.74) is 12.7. The van der Waals surface area contributed by atoms with E-state index in [4.69, 9.17) is 11.5 Å². The van der Waals surface area contributed by atoms with Crippen LogP contribution in [-0.2, 0) is 6.42 Å². The van der Waals surface area contributed by atoms with Crippen LogP contribution in [0.3, 0.4) is 0 Å². The van der Waals surface area contributed by atoms with Crippen LogP contribution in [0.15, 0.2) is 24.5 Å². The van der Waals surface area contributed by atoms with Gasteiger partial charge >= 0.3 is 0 Å². The Kier molecular flexibility index (Phi) is 3.42. The third-order valence-corrected chi connectivity index (χ3v) is 2.48. The van der Waals surface area contributed by atoms with E-state index in [1.165, 1.54) is 6.33 Å². The number of nitrogens with two attached hydrogens (primary N) is 2. The standard InChI is InChI=1S/C11H14N6O/c12-8-2-1-7(11(13)18)5-9(8)14-4-3-10-15-6-16-17-10/h1-2,5-6,14H,3-4,12H2,(H2,13,18)(H,15,16,17). The number of hydrogen-bond donors (Lipinski definition) is 4. The SMILES string of the molecule is NC(=O)c1ccc(N)c(NCCc2ncn[nH]2)c1. The van der Waals surface area contributed by atoms with Gasteiger partial charge in [-0.2, -0.15) is 5.10 Å². The van der Waals surface area contributed by atoms with Gasteiger partial charge in [0.05, 0.1) is 11.4 Å². The average Bonchev–Trinajstić information content (AvgIpc) is 2.84. The molecule has 2 rings (SSSR count). The average molecular weight is 246 g/mol. The van der Waals surface area contributed by atoms with Gasteiger partial charge in [0, 0.05) is 18.5 Å². The lowest BCUT2D eigenvalue weighted by molar-refractivity contribution is 0.100. The van der Waals surface area contributed by atoms with Gasteiger partial charge in [-0.25, -0.2) is 4.98 Å². The summed E-state index contributed by atoms with van der Waals surface area (Å²) in [6, 6.07) is 4.88. The predicted octanol–water partition coefficient (Wildman–Crippen LogP) is 0.140. The van der Waals surface area contributed by atoms with Crippen LogP contribution in [0.2, 0.25) is 0 Å². The molecule has 1 heterocycles. The molecule has 0 aliphatic heterocycles. The van der Waals surface area contributed by atoms with Crippen LogP contribution in [0.4, 0.5) is 11.4 Å². The Balaban J connectivity index is 2.00. The lowest BCUT2D eigenvalue weighted by atomic mass is 10.1. The molecule has 18 heavy (non-hydrogen) atoms. The molecule has 94 valence electrons. The molecule has 0 radical (unpaired) electrons. The Bertz CT molecular complexity index is 536. The van der Waals surface area contributed by atoms with E-state index in [2.05, 4.69) is 20.5 Å². The van der Waals surface area contributed by atoms with Crippen molar-refractivity contribution in [2.45, 2.75) is 6.42 Å². The highest BCUT2D eigenvalue weighted by Crippen LogP contribution is 2.19. The molecule has 0 saturated carbocycles. The number of carbonyl (C=O) groups is 1. The number of amides is 1. The number of nitrogens with one attached hydrogen (secondary N) is 2. The summed E-state index contributed by atoms with van der Waals surface area (Å²) >= 11 is 0. The number of aromatic amines is 1. The third kappa shape index (κ3) is 2.76. The molecule has 1 aromatic heterocycles. The summed E-state index contributed by atoms with van der Waals surface area (Å²) in [6.45, 7) is 0.627. The number of benzene rings is 1. The molecule has 0 unspecified atom stereocenters. The normalized spacial score (nSPS) is 10.2. The second-order valence-electron chi connectivity index (χ2n) is 3.78. The Morgan fingerprint density at radius 1 is 1.44 bits per heavy atom. The second-order valence-corrected chi connectivity index (χ2v) is 3.78. The smallest absolute Gasteiger partial charge is 0.248 e. The van der Waals surface area contributed by atoms with Crippen molar-refractivity contribution >= 4 is 17.3 Å². The monoisotopic (exact) mass is 246 g/mol. The van der Waals surface area contributed by atoms with Gasteiger partial charge in [-0.3, -0.25) is 9.89 Å². The Morgan fingerprint density at radius 2 is 2.28 bits per heavy atom. The van der Waals surface area contributed by atoms with Crippen molar-refractivity contribution < 1.29 is 4.79 Å². The van der Waals surface area contributed by atoms with Crippen LogP contribution in [0.1, 0.15) is 16.2 Å². The van der Waals surface area contributed by atoms with Crippen molar-refractivity contribution in [2.24, 2.45) is 5.73 Å². The first kappa shape index (κ1) is 11.9. The van der Waals surface area contributed by atoms with Crippen molar-refractivity contribution in [1.29, 1.82) is 0 Å². The fraction of sp³-hybridized carbons (Fsp3) is 0.182. The summed E-state index contributed by atoms with van der Waals surface area (Å²) in [5.74, 6) is 0.306. The largest absolute Gasteiger partial charge is 0.397 e. The number of hydrogen-bond acceptors (Lipinski definition) is 5. The van der Waals surface area contributed by atoms with Crippen molar-refractivity contribution in [1.82, 2.24) is 15.2 Å². The van der Waals surface area contributed by atoms with Crippen LogP contribution >= 0.6 is 0 Å². The van der Waals surface area contributed by atoms with E-state index in [0.717, 1.165) is 5.82 Å². The molecule has 7 heteroatoms. The summed E-state index contributed by atoms with van der Waals surface area (Å²) < 4.78 is 0. The maximum absolute atomic E-state index is 11.1. The number of nitrogens with zero attached hydrogens (tertiary/aromatic N) is 2.